The van der Waals surface area contributed by atoms with Gasteiger partial charge in [-0.05, 0) is 24.3 Å². The summed E-state index contributed by atoms with van der Waals surface area (Å²) in [4.78, 5) is 19.1. The summed E-state index contributed by atoms with van der Waals surface area (Å²) in [6.45, 7) is 0. The molecule has 0 saturated heterocycles. The predicted octanol–water partition coefficient (Wildman–Crippen LogP) is 2.39. The van der Waals surface area contributed by atoms with Crippen LogP contribution in [0, 0.1) is 0 Å². The molecular weight excluding hydrogens is 336 g/mol. The molecule has 3 aromatic rings. The van der Waals surface area contributed by atoms with Crippen molar-refractivity contribution in [2.45, 2.75) is 0 Å². The van der Waals surface area contributed by atoms with Crippen LogP contribution < -0.4 is 25.2 Å². The Hall–Kier alpha value is -3.55. The maximum atomic E-state index is 12.0. The lowest BCUT2D eigenvalue weighted by molar-refractivity contribution is 0.324. The Morgan fingerprint density at radius 2 is 1.77 bits per heavy atom. The summed E-state index contributed by atoms with van der Waals surface area (Å²) in [6, 6.07) is 10.7. The van der Waals surface area contributed by atoms with Gasteiger partial charge in [0.2, 0.25) is 11.6 Å². The molecule has 0 aliphatic heterocycles. The number of hydrogen-bond donors (Lipinski definition) is 2. The molecule has 0 saturated carbocycles. The number of nitrogens with one attached hydrogen (secondary N) is 2. The van der Waals surface area contributed by atoms with Crippen LogP contribution in [0.2, 0.25) is 0 Å². The first-order valence-corrected chi connectivity index (χ1v) is 7.74. The molecule has 2 aromatic carbocycles. The van der Waals surface area contributed by atoms with Gasteiger partial charge in [0.05, 0.1) is 38.6 Å². The summed E-state index contributed by atoms with van der Waals surface area (Å²) >= 11 is 0. The first kappa shape index (κ1) is 17.3. The number of methoxy groups -OCH3 is 3. The minimum absolute atomic E-state index is 0.104. The standard InChI is InChI=1S/C18H18N4O4/c1-24-14-8-11(9-15(25-2)16(14)26-3)10-19-22-17-18(23)21-13-7-5-4-6-12(13)20-17/h4-10H,1-3H3,(H,20,22)(H,21,23). The van der Waals surface area contributed by atoms with Crippen LogP contribution >= 0.6 is 0 Å². The average Bonchev–Trinajstić information content (AvgIpc) is 2.67. The second-order valence-corrected chi connectivity index (χ2v) is 5.26. The number of fused-ring (bicyclic) bond motifs is 1. The van der Waals surface area contributed by atoms with Crippen LogP contribution in [0.1, 0.15) is 5.56 Å². The van der Waals surface area contributed by atoms with Crippen molar-refractivity contribution in [1.29, 1.82) is 0 Å². The van der Waals surface area contributed by atoms with Crippen LogP contribution in [-0.2, 0) is 0 Å². The fourth-order valence-corrected chi connectivity index (χ4v) is 2.45. The number of aromatic nitrogens is 2. The van der Waals surface area contributed by atoms with Crippen LogP contribution in [0.3, 0.4) is 0 Å². The largest absolute Gasteiger partial charge is 0.493 e. The molecular formula is C18H18N4O4. The first-order valence-electron chi connectivity index (χ1n) is 7.74. The molecule has 26 heavy (non-hydrogen) atoms. The van der Waals surface area contributed by atoms with E-state index in [-0.39, 0.29) is 11.4 Å². The Bertz CT molecular complexity index is 988. The van der Waals surface area contributed by atoms with Crippen molar-refractivity contribution < 1.29 is 14.2 Å². The molecule has 0 spiro atoms. The van der Waals surface area contributed by atoms with Crippen molar-refractivity contribution in [1.82, 2.24) is 9.97 Å². The highest BCUT2D eigenvalue weighted by atomic mass is 16.5. The number of rotatable bonds is 6. The summed E-state index contributed by atoms with van der Waals surface area (Å²) in [5, 5.41) is 4.08. The van der Waals surface area contributed by atoms with Gasteiger partial charge in [0.25, 0.3) is 5.56 Å². The van der Waals surface area contributed by atoms with Gasteiger partial charge in [-0.15, -0.1) is 0 Å². The molecule has 0 aliphatic carbocycles. The van der Waals surface area contributed by atoms with E-state index >= 15 is 0 Å². The van der Waals surface area contributed by atoms with E-state index in [0.717, 1.165) is 0 Å². The number of H-pyrrole nitrogens is 1. The number of hydrazone groups is 1. The van der Waals surface area contributed by atoms with Gasteiger partial charge < -0.3 is 19.2 Å². The molecule has 0 bridgehead atoms. The van der Waals surface area contributed by atoms with Gasteiger partial charge in [0.1, 0.15) is 0 Å². The Labute approximate surface area is 149 Å². The number of nitrogens with zero attached hydrogens (tertiary/aromatic N) is 2. The maximum Gasteiger partial charge on any atom is 0.293 e. The van der Waals surface area contributed by atoms with Crippen molar-refractivity contribution in [3.05, 3.63) is 52.3 Å². The van der Waals surface area contributed by atoms with Crippen molar-refractivity contribution in [3.8, 4) is 17.2 Å². The smallest absolute Gasteiger partial charge is 0.293 e. The monoisotopic (exact) mass is 354 g/mol. The minimum Gasteiger partial charge on any atom is -0.493 e. The molecule has 8 nitrogen and oxygen atoms in total. The number of aromatic amines is 1. The van der Waals surface area contributed by atoms with E-state index in [0.29, 0.717) is 33.8 Å². The number of ether oxygens (including phenoxy) is 3. The molecule has 0 amide bonds. The zero-order valence-electron chi connectivity index (χ0n) is 14.6. The molecule has 134 valence electrons. The van der Waals surface area contributed by atoms with E-state index in [9.17, 15) is 4.79 Å². The molecule has 1 heterocycles. The molecule has 0 radical (unpaired) electrons. The normalized spacial score (nSPS) is 10.9. The summed E-state index contributed by atoms with van der Waals surface area (Å²) < 4.78 is 15.9. The molecule has 2 N–H and O–H groups in total. The lowest BCUT2D eigenvalue weighted by Gasteiger charge is -2.12. The summed E-state index contributed by atoms with van der Waals surface area (Å²) in [6.07, 6.45) is 1.53. The lowest BCUT2D eigenvalue weighted by atomic mass is 10.2. The van der Waals surface area contributed by atoms with Crippen LogP contribution in [0.25, 0.3) is 11.0 Å². The molecule has 0 fully saturated rings. The van der Waals surface area contributed by atoms with Crippen LogP contribution in [0.15, 0.2) is 46.3 Å². The fraction of sp³-hybridized carbons (Fsp3) is 0.167. The maximum absolute atomic E-state index is 12.0. The third-order valence-corrected chi connectivity index (χ3v) is 3.67. The van der Waals surface area contributed by atoms with Crippen molar-refractivity contribution >= 4 is 23.1 Å². The second-order valence-electron chi connectivity index (χ2n) is 5.26. The molecule has 8 heteroatoms. The predicted molar refractivity (Wildman–Crippen MR) is 99.7 cm³/mol. The van der Waals surface area contributed by atoms with Gasteiger partial charge in [-0.25, -0.2) is 4.98 Å². The SMILES string of the molecule is COc1cc(C=NNc2nc3ccccc3[nH]c2=O)cc(OC)c1OC. The Balaban J connectivity index is 1.87. The number of anilines is 1. The van der Waals surface area contributed by atoms with Crippen LogP contribution in [0.5, 0.6) is 17.2 Å². The summed E-state index contributed by atoms with van der Waals surface area (Å²) in [5.41, 5.74) is 4.33. The first-order chi connectivity index (χ1) is 12.7. The third-order valence-electron chi connectivity index (χ3n) is 3.67. The lowest BCUT2D eigenvalue weighted by Crippen LogP contribution is -2.13. The van der Waals surface area contributed by atoms with Gasteiger partial charge >= 0.3 is 0 Å². The van der Waals surface area contributed by atoms with Crippen molar-refractivity contribution in [2.24, 2.45) is 5.10 Å². The van der Waals surface area contributed by atoms with Gasteiger partial charge in [0.15, 0.2) is 11.5 Å². The zero-order valence-corrected chi connectivity index (χ0v) is 14.6. The number of benzene rings is 2. The summed E-state index contributed by atoms with van der Waals surface area (Å²) in [5.74, 6) is 1.62. The molecule has 1 aromatic heterocycles. The van der Waals surface area contributed by atoms with Crippen molar-refractivity contribution in [2.75, 3.05) is 26.8 Å². The highest BCUT2D eigenvalue weighted by molar-refractivity contribution is 5.83. The van der Waals surface area contributed by atoms with E-state index < -0.39 is 0 Å². The van der Waals surface area contributed by atoms with E-state index in [1.807, 2.05) is 12.1 Å². The Kier molecular flexibility index (Phi) is 5.02. The average molecular weight is 354 g/mol. The number of para-hydroxylation sites is 2. The molecule has 3 rings (SSSR count). The number of hydrogen-bond acceptors (Lipinski definition) is 7. The van der Waals surface area contributed by atoms with Crippen LogP contribution in [-0.4, -0.2) is 37.5 Å². The molecule has 0 unspecified atom stereocenters. The zero-order chi connectivity index (χ0) is 18.5. The van der Waals surface area contributed by atoms with E-state index in [2.05, 4.69) is 20.5 Å². The van der Waals surface area contributed by atoms with Gasteiger partial charge in [-0.3, -0.25) is 10.2 Å². The van der Waals surface area contributed by atoms with E-state index in [1.54, 1.807) is 24.3 Å². The summed E-state index contributed by atoms with van der Waals surface area (Å²) in [7, 11) is 4.61. The fourth-order valence-electron chi connectivity index (χ4n) is 2.45. The highest BCUT2D eigenvalue weighted by Crippen LogP contribution is 2.37. The third kappa shape index (κ3) is 3.44. The van der Waals surface area contributed by atoms with Gasteiger partial charge in [-0.1, -0.05) is 12.1 Å². The topological polar surface area (TPSA) is 97.8 Å². The Morgan fingerprint density at radius 3 is 2.42 bits per heavy atom. The highest BCUT2D eigenvalue weighted by Gasteiger charge is 2.12. The Morgan fingerprint density at radius 1 is 1.08 bits per heavy atom. The van der Waals surface area contributed by atoms with Crippen LogP contribution in [0.4, 0.5) is 5.82 Å². The second kappa shape index (κ2) is 7.56. The minimum atomic E-state index is -0.356. The quantitative estimate of drug-likeness (QED) is 0.521. The molecule has 0 aliphatic rings. The van der Waals surface area contributed by atoms with Gasteiger partial charge in [-0.2, -0.15) is 5.10 Å². The van der Waals surface area contributed by atoms with E-state index in [4.69, 9.17) is 14.2 Å². The van der Waals surface area contributed by atoms with E-state index in [1.165, 1.54) is 27.5 Å². The molecule has 0 atom stereocenters. The van der Waals surface area contributed by atoms with Gasteiger partial charge in [0, 0.05) is 5.56 Å². The van der Waals surface area contributed by atoms with Crippen molar-refractivity contribution in [3.63, 3.8) is 0 Å².